The molecule has 2 aromatic heterocycles. The summed E-state index contributed by atoms with van der Waals surface area (Å²) < 4.78 is 16.2. The zero-order chi connectivity index (χ0) is 19.3. The Morgan fingerprint density at radius 2 is 2.29 bits per heavy atom. The van der Waals surface area contributed by atoms with Gasteiger partial charge in [0, 0.05) is 32.0 Å². The highest BCUT2D eigenvalue weighted by molar-refractivity contribution is 5.78. The summed E-state index contributed by atoms with van der Waals surface area (Å²) >= 11 is 0. The van der Waals surface area contributed by atoms with E-state index in [1.54, 1.807) is 12.0 Å². The van der Waals surface area contributed by atoms with Crippen molar-refractivity contribution in [3.63, 3.8) is 0 Å². The molecule has 8 nitrogen and oxygen atoms in total. The van der Waals surface area contributed by atoms with Crippen molar-refractivity contribution in [1.29, 1.82) is 0 Å². The minimum Gasteiger partial charge on any atom is -0.459 e. The number of para-hydroxylation sites is 1. The Labute approximate surface area is 162 Å². The van der Waals surface area contributed by atoms with E-state index in [0.29, 0.717) is 44.4 Å². The molecule has 0 saturated carbocycles. The van der Waals surface area contributed by atoms with Gasteiger partial charge in [0.15, 0.2) is 5.82 Å². The highest BCUT2D eigenvalue weighted by Crippen LogP contribution is 2.26. The minimum absolute atomic E-state index is 0.0643. The van der Waals surface area contributed by atoms with Crippen LogP contribution in [0, 0.1) is 0 Å². The van der Waals surface area contributed by atoms with Gasteiger partial charge in [0.05, 0.1) is 19.1 Å². The summed E-state index contributed by atoms with van der Waals surface area (Å²) in [5.41, 5.74) is 0.824. The van der Waals surface area contributed by atoms with E-state index in [4.69, 9.17) is 13.7 Å². The van der Waals surface area contributed by atoms with Gasteiger partial charge in [0.25, 0.3) is 0 Å². The summed E-state index contributed by atoms with van der Waals surface area (Å²) in [5, 5.41) is 7.98. The maximum absolute atomic E-state index is 12.6. The normalized spacial score (nSPS) is 17.2. The van der Waals surface area contributed by atoms with Gasteiger partial charge in [-0.25, -0.2) is 4.79 Å². The third kappa shape index (κ3) is 4.17. The number of aromatic nitrogens is 2. The van der Waals surface area contributed by atoms with E-state index < -0.39 is 0 Å². The van der Waals surface area contributed by atoms with Crippen LogP contribution in [0.2, 0.25) is 0 Å². The van der Waals surface area contributed by atoms with Crippen LogP contribution >= 0.6 is 0 Å². The lowest BCUT2D eigenvalue weighted by molar-refractivity contribution is 0.171. The molecule has 2 amide bonds. The molecule has 3 aromatic rings. The number of carbonyl (C=O) groups is 1. The molecule has 1 aliphatic heterocycles. The van der Waals surface area contributed by atoms with Gasteiger partial charge in [-0.05, 0) is 25.0 Å². The Bertz CT molecular complexity index is 902. The van der Waals surface area contributed by atoms with Gasteiger partial charge in [-0.2, -0.15) is 4.98 Å². The highest BCUT2D eigenvalue weighted by atomic mass is 16.5. The fraction of sp³-hybridized carbons (Fsp3) is 0.450. The number of amides is 2. The Morgan fingerprint density at radius 1 is 1.39 bits per heavy atom. The number of methoxy groups -OCH3 is 1. The number of fused-ring (bicyclic) bond motifs is 1. The molecule has 1 aromatic carbocycles. The maximum atomic E-state index is 12.6. The average molecular weight is 384 g/mol. The van der Waals surface area contributed by atoms with Crippen LogP contribution < -0.4 is 5.32 Å². The number of rotatable bonds is 6. The van der Waals surface area contributed by atoms with E-state index in [1.807, 2.05) is 30.3 Å². The highest BCUT2D eigenvalue weighted by Gasteiger charge is 2.28. The van der Waals surface area contributed by atoms with E-state index in [9.17, 15) is 4.79 Å². The molecule has 1 atom stereocenters. The number of furan rings is 1. The molecule has 28 heavy (non-hydrogen) atoms. The number of carbonyl (C=O) groups excluding carboxylic acids is 1. The van der Waals surface area contributed by atoms with E-state index in [0.717, 1.165) is 29.6 Å². The number of hydrogen-bond donors (Lipinski definition) is 1. The molecule has 1 saturated heterocycles. The summed E-state index contributed by atoms with van der Waals surface area (Å²) in [6, 6.07) is 9.65. The molecule has 8 heteroatoms. The number of benzene rings is 1. The van der Waals surface area contributed by atoms with Gasteiger partial charge >= 0.3 is 6.03 Å². The van der Waals surface area contributed by atoms with Crippen molar-refractivity contribution < 1.29 is 18.5 Å². The number of piperidine rings is 1. The van der Waals surface area contributed by atoms with Gasteiger partial charge in [-0.1, -0.05) is 23.4 Å². The molecule has 4 rings (SSSR count). The lowest BCUT2D eigenvalue weighted by Crippen LogP contribution is -2.44. The van der Waals surface area contributed by atoms with Crippen molar-refractivity contribution in [2.24, 2.45) is 0 Å². The number of nitrogens with one attached hydrogen (secondary N) is 1. The molecule has 1 aliphatic rings. The second-order valence-corrected chi connectivity index (χ2v) is 6.99. The fourth-order valence-electron chi connectivity index (χ4n) is 3.49. The fourth-order valence-corrected chi connectivity index (χ4v) is 3.49. The van der Waals surface area contributed by atoms with E-state index >= 15 is 0 Å². The van der Waals surface area contributed by atoms with Crippen LogP contribution in [0.25, 0.3) is 11.0 Å². The molecule has 3 heterocycles. The molecule has 1 N–H and O–H groups in total. The van der Waals surface area contributed by atoms with Crippen molar-refractivity contribution in [2.75, 3.05) is 26.8 Å². The van der Waals surface area contributed by atoms with Crippen LogP contribution in [0.4, 0.5) is 4.79 Å². The number of nitrogens with zero attached hydrogens (tertiary/aromatic N) is 3. The molecular weight excluding hydrogens is 360 g/mol. The molecular formula is C20H24N4O4. The third-order valence-corrected chi connectivity index (χ3v) is 4.96. The predicted octanol–water partition coefficient (Wildman–Crippen LogP) is 3.09. The Morgan fingerprint density at radius 3 is 3.14 bits per heavy atom. The van der Waals surface area contributed by atoms with Crippen LogP contribution in [0.5, 0.6) is 0 Å². The van der Waals surface area contributed by atoms with Crippen molar-refractivity contribution in [3.8, 4) is 0 Å². The predicted molar refractivity (Wildman–Crippen MR) is 102 cm³/mol. The van der Waals surface area contributed by atoms with Crippen molar-refractivity contribution in [1.82, 2.24) is 20.4 Å². The summed E-state index contributed by atoms with van der Waals surface area (Å²) in [6.45, 7) is 2.20. The van der Waals surface area contributed by atoms with Gasteiger partial charge in [-0.3, -0.25) is 0 Å². The maximum Gasteiger partial charge on any atom is 0.317 e. The summed E-state index contributed by atoms with van der Waals surface area (Å²) in [7, 11) is 1.64. The van der Waals surface area contributed by atoms with Crippen molar-refractivity contribution >= 4 is 17.0 Å². The first-order valence-corrected chi connectivity index (χ1v) is 9.54. The molecule has 148 valence electrons. The first-order valence-electron chi connectivity index (χ1n) is 9.54. The summed E-state index contributed by atoms with van der Waals surface area (Å²) in [6.07, 6.45) is 2.45. The number of hydrogen-bond acceptors (Lipinski definition) is 6. The average Bonchev–Trinajstić information content (AvgIpc) is 3.37. The molecule has 0 aliphatic carbocycles. The van der Waals surface area contributed by atoms with Crippen LogP contribution in [-0.4, -0.2) is 47.9 Å². The lowest BCUT2D eigenvalue weighted by atomic mass is 9.98. The number of ether oxygens (including phenoxy) is 1. The quantitative estimate of drug-likeness (QED) is 0.702. The lowest BCUT2D eigenvalue weighted by Gasteiger charge is -2.30. The zero-order valence-corrected chi connectivity index (χ0v) is 15.9. The van der Waals surface area contributed by atoms with Gasteiger partial charge in [-0.15, -0.1) is 0 Å². The van der Waals surface area contributed by atoms with Crippen LogP contribution in [0.3, 0.4) is 0 Å². The molecule has 0 radical (unpaired) electrons. The number of urea groups is 1. The van der Waals surface area contributed by atoms with Gasteiger partial charge < -0.3 is 23.9 Å². The monoisotopic (exact) mass is 384 g/mol. The standard InChI is InChI=1S/C20H24N4O4/c1-26-10-8-18-22-19(28-23-18)15-6-4-9-24(13-15)20(25)21-12-16-11-14-5-2-3-7-17(14)27-16/h2-3,5,7,11,15H,4,6,8-10,12-13H2,1H3,(H,21,25)/t15-/m0/s1. The third-order valence-electron chi connectivity index (χ3n) is 4.96. The Hall–Kier alpha value is -2.87. The Kier molecular flexibility index (Phi) is 5.57. The first kappa shape index (κ1) is 18.5. The SMILES string of the molecule is COCCc1noc([C@H]2CCCN(C(=O)NCc3cc4ccccc4o3)C2)n1. The van der Waals surface area contributed by atoms with E-state index in [2.05, 4.69) is 15.5 Å². The molecule has 0 unspecified atom stereocenters. The second-order valence-electron chi connectivity index (χ2n) is 6.99. The van der Waals surface area contributed by atoms with Crippen LogP contribution in [0.15, 0.2) is 39.3 Å². The summed E-state index contributed by atoms with van der Waals surface area (Å²) in [4.78, 5) is 18.9. The van der Waals surface area contributed by atoms with Crippen LogP contribution in [0.1, 0.15) is 36.2 Å². The smallest absolute Gasteiger partial charge is 0.317 e. The van der Waals surface area contributed by atoms with Crippen molar-refractivity contribution in [3.05, 3.63) is 47.8 Å². The van der Waals surface area contributed by atoms with E-state index in [-0.39, 0.29) is 11.9 Å². The van der Waals surface area contributed by atoms with Crippen LogP contribution in [-0.2, 0) is 17.7 Å². The number of likely N-dealkylation sites (tertiary alicyclic amines) is 1. The molecule has 0 spiro atoms. The summed E-state index contributed by atoms with van der Waals surface area (Å²) in [5.74, 6) is 2.04. The largest absolute Gasteiger partial charge is 0.459 e. The van der Waals surface area contributed by atoms with E-state index in [1.165, 1.54) is 0 Å². The topological polar surface area (TPSA) is 93.6 Å². The van der Waals surface area contributed by atoms with Gasteiger partial charge in [0.2, 0.25) is 5.89 Å². The Balaban J connectivity index is 1.33. The van der Waals surface area contributed by atoms with Crippen molar-refractivity contribution in [2.45, 2.75) is 31.7 Å². The molecule has 0 bridgehead atoms. The zero-order valence-electron chi connectivity index (χ0n) is 15.9. The minimum atomic E-state index is -0.107. The van der Waals surface area contributed by atoms with Gasteiger partial charge in [0.1, 0.15) is 11.3 Å². The first-order chi connectivity index (χ1) is 13.7. The second kappa shape index (κ2) is 8.43. The molecule has 1 fully saturated rings.